The molecule has 0 N–H and O–H groups in total. The van der Waals surface area contributed by atoms with E-state index in [1.54, 1.807) is 14.2 Å². The van der Waals surface area contributed by atoms with E-state index in [-0.39, 0.29) is 12.3 Å². The summed E-state index contributed by atoms with van der Waals surface area (Å²) in [6.45, 7) is 3.71. The van der Waals surface area contributed by atoms with Crippen molar-refractivity contribution < 1.29 is 19.0 Å². The Bertz CT molecular complexity index is 1320. The summed E-state index contributed by atoms with van der Waals surface area (Å²) in [6.07, 6.45) is 0.247. The van der Waals surface area contributed by atoms with Crippen molar-refractivity contribution in [1.82, 2.24) is 4.57 Å². The molecule has 0 bridgehead atoms. The molecule has 4 rings (SSSR count). The standard InChI is InChI=1S/C25H26N2O4S/c1-4-31-12-11-27-20-15-21(29-2)22(30-3)16-23(20)32-25(27)26-24(28)14-17-9-10-18-7-5-6-8-19(18)13-17/h5-10,13,15-16H,4,11-12,14H2,1-3H3. The highest BCUT2D eigenvalue weighted by atomic mass is 32.1. The lowest BCUT2D eigenvalue weighted by Gasteiger charge is -2.09. The monoisotopic (exact) mass is 450 g/mol. The van der Waals surface area contributed by atoms with Gasteiger partial charge in [-0.1, -0.05) is 53.8 Å². The van der Waals surface area contributed by atoms with Crippen LogP contribution in [0.15, 0.2) is 59.6 Å². The summed E-state index contributed by atoms with van der Waals surface area (Å²) in [6, 6.07) is 18.0. The largest absolute Gasteiger partial charge is 0.493 e. The fourth-order valence-corrected chi connectivity index (χ4v) is 4.75. The average molecular weight is 451 g/mol. The minimum Gasteiger partial charge on any atom is -0.493 e. The molecule has 1 heterocycles. The van der Waals surface area contributed by atoms with E-state index in [9.17, 15) is 4.79 Å². The fraction of sp³-hybridized carbons (Fsp3) is 0.280. The number of nitrogens with zero attached hydrogens (tertiary/aromatic N) is 2. The van der Waals surface area contributed by atoms with Crippen molar-refractivity contribution in [2.24, 2.45) is 4.99 Å². The maximum Gasteiger partial charge on any atom is 0.252 e. The van der Waals surface area contributed by atoms with Crippen molar-refractivity contribution >= 4 is 38.2 Å². The summed E-state index contributed by atoms with van der Waals surface area (Å²) < 4.78 is 19.4. The molecule has 0 aliphatic heterocycles. The number of hydrogen-bond acceptors (Lipinski definition) is 5. The highest BCUT2D eigenvalue weighted by molar-refractivity contribution is 7.16. The van der Waals surface area contributed by atoms with Gasteiger partial charge in [0.2, 0.25) is 0 Å². The molecule has 32 heavy (non-hydrogen) atoms. The zero-order valence-corrected chi connectivity index (χ0v) is 19.3. The van der Waals surface area contributed by atoms with E-state index < -0.39 is 0 Å². The minimum atomic E-state index is -0.184. The second-order valence-corrected chi connectivity index (χ2v) is 8.28. The minimum absolute atomic E-state index is 0.184. The van der Waals surface area contributed by atoms with Gasteiger partial charge in [0, 0.05) is 25.3 Å². The zero-order valence-electron chi connectivity index (χ0n) is 18.5. The van der Waals surface area contributed by atoms with E-state index in [0.29, 0.717) is 36.1 Å². The van der Waals surface area contributed by atoms with Crippen LogP contribution in [0.25, 0.3) is 21.0 Å². The highest BCUT2D eigenvalue weighted by Crippen LogP contribution is 2.33. The van der Waals surface area contributed by atoms with Crippen molar-refractivity contribution in [3.05, 3.63) is 65.0 Å². The Morgan fingerprint density at radius 3 is 2.50 bits per heavy atom. The Balaban J connectivity index is 1.71. The topological polar surface area (TPSA) is 62.1 Å². The third-order valence-electron chi connectivity index (χ3n) is 5.24. The second-order valence-electron chi connectivity index (χ2n) is 7.27. The maximum absolute atomic E-state index is 12.9. The summed E-state index contributed by atoms with van der Waals surface area (Å²) in [5.74, 6) is 1.10. The second kappa shape index (κ2) is 9.97. The first-order valence-electron chi connectivity index (χ1n) is 10.5. The lowest BCUT2D eigenvalue weighted by Crippen LogP contribution is -2.20. The summed E-state index contributed by atoms with van der Waals surface area (Å²) in [4.78, 5) is 18.0. The van der Waals surface area contributed by atoms with Crippen LogP contribution in [-0.2, 0) is 22.5 Å². The van der Waals surface area contributed by atoms with Gasteiger partial charge >= 0.3 is 0 Å². The molecule has 0 saturated heterocycles. The molecule has 7 heteroatoms. The van der Waals surface area contributed by atoms with Gasteiger partial charge in [-0.3, -0.25) is 4.79 Å². The van der Waals surface area contributed by atoms with E-state index in [1.165, 1.54) is 11.3 Å². The Labute approximate surface area is 190 Å². The molecule has 3 aromatic carbocycles. The number of hydrogen-bond donors (Lipinski definition) is 0. The lowest BCUT2D eigenvalue weighted by atomic mass is 10.1. The van der Waals surface area contributed by atoms with Gasteiger partial charge in [-0.25, -0.2) is 0 Å². The highest BCUT2D eigenvalue weighted by Gasteiger charge is 2.13. The summed E-state index contributed by atoms with van der Waals surface area (Å²) in [5.41, 5.74) is 1.88. The van der Waals surface area contributed by atoms with Crippen LogP contribution in [0.5, 0.6) is 11.5 Å². The number of aromatic nitrogens is 1. The molecule has 166 valence electrons. The molecule has 0 radical (unpaired) electrons. The summed E-state index contributed by atoms with van der Waals surface area (Å²) in [5, 5.41) is 2.27. The molecule has 0 unspecified atom stereocenters. The van der Waals surface area contributed by atoms with Crippen LogP contribution in [0.3, 0.4) is 0 Å². The number of carbonyl (C=O) groups is 1. The first-order valence-corrected chi connectivity index (χ1v) is 11.3. The van der Waals surface area contributed by atoms with Gasteiger partial charge in [-0.15, -0.1) is 0 Å². The maximum atomic E-state index is 12.9. The van der Waals surface area contributed by atoms with E-state index in [2.05, 4.69) is 17.1 Å². The predicted octanol–water partition coefficient (Wildman–Crippen LogP) is 4.58. The summed E-state index contributed by atoms with van der Waals surface area (Å²) in [7, 11) is 3.22. The fourth-order valence-electron chi connectivity index (χ4n) is 3.67. The molecule has 1 aromatic heterocycles. The number of ether oxygens (including phenoxy) is 3. The lowest BCUT2D eigenvalue weighted by molar-refractivity contribution is -0.117. The molecule has 0 spiro atoms. The third kappa shape index (κ3) is 4.69. The first-order chi connectivity index (χ1) is 15.6. The molecular formula is C25H26N2O4S. The Morgan fingerprint density at radius 2 is 1.75 bits per heavy atom. The van der Waals surface area contributed by atoms with Crippen molar-refractivity contribution in [1.29, 1.82) is 0 Å². The van der Waals surface area contributed by atoms with Gasteiger partial charge in [0.15, 0.2) is 16.3 Å². The quantitative estimate of drug-likeness (QED) is 0.369. The van der Waals surface area contributed by atoms with Crippen LogP contribution >= 0.6 is 11.3 Å². The molecule has 0 atom stereocenters. The number of benzene rings is 3. The first kappa shape index (κ1) is 22.0. The van der Waals surface area contributed by atoms with Crippen LogP contribution < -0.4 is 14.3 Å². The smallest absolute Gasteiger partial charge is 0.252 e. The van der Waals surface area contributed by atoms with Crippen molar-refractivity contribution in [3.8, 4) is 11.5 Å². The predicted molar refractivity (Wildman–Crippen MR) is 128 cm³/mol. The zero-order chi connectivity index (χ0) is 22.5. The van der Waals surface area contributed by atoms with Crippen LogP contribution in [0.2, 0.25) is 0 Å². The Morgan fingerprint density at radius 1 is 1.00 bits per heavy atom. The number of fused-ring (bicyclic) bond motifs is 2. The van der Waals surface area contributed by atoms with E-state index in [0.717, 1.165) is 26.6 Å². The number of thiazole rings is 1. The van der Waals surface area contributed by atoms with Gasteiger partial charge in [-0.2, -0.15) is 4.99 Å². The van der Waals surface area contributed by atoms with Crippen molar-refractivity contribution in [2.45, 2.75) is 19.9 Å². The molecule has 0 aliphatic carbocycles. The van der Waals surface area contributed by atoms with Crippen molar-refractivity contribution in [2.75, 3.05) is 27.4 Å². The van der Waals surface area contributed by atoms with Gasteiger partial charge in [0.05, 0.1) is 37.5 Å². The van der Waals surface area contributed by atoms with Crippen LogP contribution in [0, 0.1) is 0 Å². The Hall–Kier alpha value is -3.16. The van der Waals surface area contributed by atoms with Crippen LogP contribution in [0.1, 0.15) is 12.5 Å². The molecule has 4 aromatic rings. The van der Waals surface area contributed by atoms with Crippen molar-refractivity contribution in [3.63, 3.8) is 0 Å². The van der Waals surface area contributed by atoms with Gasteiger partial charge in [0.25, 0.3) is 5.91 Å². The number of amides is 1. The van der Waals surface area contributed by atoms with E-state index >= 15 is 0 Å². The SMILES string of the molecule is CCOCCn1c(=NC(=O)Cc2ccc3ccccc3c2)sc2cc(OC)c(OC)cc21. The number of carbonyl (C=O) groups excluding carboxylic acids is 1. The molecule has 0 saturated carbocycles. The average Bonchev–Trinajstić information content (AvgIpc) is 3.13. The van der Waals surface area contributed by atoms with Gasteiger partial charge in [0.1, 0.15) is 0 Å². The van der Waals surface area contributed by atoms with Gasteiger partial charge < -0.3 is 18.8 Å². The molecule has 0 fully saturated rings. The van der Waals surface area contributed by atoms with Crippen LogP contribution in [-0.4, -0.2) is 37.9 Å². The third-order valence-corrected chi connectivity index (χ3v) is 6.28. The molecular weight excluding hydrogens is 424 g/mol. The number of methoxy groups -OCH3 is 2. The Kier molecular flexibility index (Phi) is 6.87. The van der Waals surface area contributed by atoms with Crippen LogP contribution in [0.4, 0.5) is 0 Å². The molecule has 0 aliphatic rings. The van der Waals surface area contributed by atoms with E-state index in [4.69, 9.17) is 14.2 Å². The molecule has 1 amide bonds. The van der Waals surface area contributed by atoms with E-state index in [1.807, 2.05) is 54.0 Å². The number of rotatable bonds is 8. The van der Waals surface area contributed by atoms with Gasteiger partial charge in [-0.05, 0) is 23.3 Å². The molecule has 6 nitrogen and oxygen atoms in total. The summed E-state index contributed by atoms with van der Waals surface area (Å²) >= 11 is 1.46. The normalized spacial score (nSPS) is 11.9.